The van der Waals surface area contributed by atoms with Crippen molar-refractivity contribution in [3.05, 3.63) is 29.6 Å². The van der Waals surface area contributed by atoms with Gasteiger partial charge in [0.05, 0.1) is 5.52 Å². The first-order valence-corrected chi connectivity index (χ1v) is 7.03. The number of H-pyrrole nitrogens is 1. The highest BCUT2D eigenvalue weighted by Crippen LogP contribution is 2.19. The van der Waals surface area contributed by atoms with Gasteiger partial charge in [0.2, 0.25) is 0 Å². The van der Waals surface area contributed by atoms with Crippen molar-refractivity contribution in [1.82, 2.24) is 15.3 Å². The summed E-state index contributed by atoms with van der Waals surface area (Å²) in [5.74, 6) is 1.12. The van der Waals surface area contributed by atoms with Gasteiger partial charge >= 0.3 is 0 Å². The molecule has 0 amide bonds. The molecule has 1 fully saturated rings. The molecule has 3 rings (SSSR count). The Bertz CT molecular complexity index is 564. The molecular weight excluding hydrogens is 256 g/mol. The molecule has 96 valence electrons. The summed E-state index contributed by atoms with van der Waals surface area (Å²) in [5, 5.41) is 3.39. The maximum atomic E-state index is 13.5. The van der Waals surface area contributed by atoms with Crippen LogP contribution in [0.3, 0.4) is 0 Å². The lowest BCUT2D eigenvalue weighted by Crippen LogP contribution is -2.39. The van der Waals surface area contributed by atoms with E-state index in [2.05, 4.69) is 15.3 Å². The maximum Gasteiger partial charge on any atom is 0.186 e. The number of aromatic amines is 1. The normalized spacial score (nSPS) is 20.4. The summed E-state index contributed by atoms with van der Waals surface area (Å²) in [4.78, 5) is 7.19. The van der Waals surface area contributed by atoms with Crippen molar-refractivity contribution in [2.75, 3.05) is 18.1 Å². The topological polar surface area (TPSA) is 40.7 Å². The number of rotatable bonds is 2. The van der Waals surface area contributed by atoms with Gasteiger partial charge < -0.3 is 10.3 Å². The van der Waals surface area contributed by atoms with Crippen molar-refractivity contribution in [2.24, 2.45) is 0 Å². The maximum absolute atomic E-state index is 13.5. The quantitative estimate of drug-likeness (QED) is 0.877. The molecule has 0 saturated carbocycles. The Morgan fingerprint density at radius 1 is 1.39 bits per heavy atom. The number of nitrogens with zero attached hydrogens (tertiary/aromatic N) is 1. The average Bonchev–Trinajstić information content (AvgIpc) is 2.79. The van der Waals surface area contributed by atoms with Crippen LogP contribution in [-0.2, 0) is 6.42 Å². The van der Waals surface area contributed by atoms with Gasteiger partial charge in [0.15, 0.2) is 11.6 Å². The molecule has 1 aliphatic rings. The Morgan fingerprint density at radius 2 is 2.28 bits per heavy atom. The number of benzene rings is 1. The van der Waals surface area contributed by atoms with Crippen LogP contribution >= 0.6 is 11.8 Å². The molecule has 0 bridgehead atoms. The zero-order valence-corrected chi connectivity index (χ0v) is 10.5. The van der Waals surface area contributed by atoms with Crippen LogP contribution < -0.4 is 5.32 Å². The monoisotopic (exact) mass is 269 g/mol. The first-order chi connectivity index (χ1) is 8.74. The van der Waals surface area contributed by atoms with Gasteiger partial charge in [-0.2, -0.15) is 11.8 Å². The molecule has 0 radical (unpaired) electrons. The van der Waals surface area contributed by atoms with Gasteiger partial charge in [-0.1, -0.05) is 0 Å². The van der Waals surface area contributed by atoms with Crippen LogP contribution in [0.1, 0.15) is 5.82 Å². The number of aromatic nitrogens is 2. The number of hydrogen-bond donors (Lipinski definition) is 2. The van der Waals surface area contributed by atoms with Crippen LogP contribution in [0.2, 0.25) is 0 Å². The number of imidazole rings is 1. The smallest absolute Gasteiger partial charge is 0.186 e. The van der Waals surface area contributed by atoms with Gasteiger partial charge in [-0.3, -0.25) is 0 Å². The van der Waals surface area contributed by atoms with Gasteiger partial charge in [-0.15, -0.1) is 0 Å². The van der Waals surface area contributed by atoms with E-state index in [-0.39, 0.29) is 5.52 Å². The summed E-state index contributed by atoms with van der Waals surface area (Å²) in [6, 6.07) is 2.99. The van der Waals surface area contributed by atoms with Gasteiger partial charge in [0.1, 0.15) is 11.3 Å². The Balaban J connectivity index is 1.86. The molecule has 0 spiro atoms. The van der Waals surface area contributed by atoms with Crippen LogP contribution in [0.4, 0.5) is 8.78 Å². The van der Waals surface area contributed by atoms with Crippen molar-refractivity contribution in [3.63, 3.8) is 0 Å². The number of fused-ring (bicyclic) bond motifs is 1. The van der Waals surface area contributed by atoms with Crippen LogP contribution in [0.25, 0.3) is 11.0 Å². The lowest BCUT2D eigenvalue weighted by Gasteiger charge is -2.21. The van der Waals surface area contributed by atoms with E-state index in [1.807, 2.05) is 11.8 Å². The van der Waals surface area contributed by atoms with E-state index < -0.39 is 11.6 Å². The summed E-state index contributed by atoms with van der Waals surface area (Å²) >= 11 is 1.90. The fourth-order valence-corrected chi connectivity index (χ4v) is 3.10. The third-order valence-corrected chi connectivity index (χ3v) is 4.16. The third-order valence-electron chi connectivity index (χ3n) is 3.03. The minimum Gasteiger partial charge on any atom is -0.342 e. The van der Waals surface area contributed by atoms with Crippen molar-refractivity contribution in [3.8, 4) is 0 Å². The first kappa shape index (κ1) is 11.9. The third kappa shape index (κ3) is 2.22. The molecule has 1 aromatic heterocycles. The predicted octanol–water partition coefficient (Wildman–Crippen LogP) is 2.09. The molecule has 2 aromatic rings. The number of nitrogens with one attached hydrogen (secondary N) is 2. The Morgan fingerprint density at radius 3 is 3.06 bits per heavy atom. The second-order valence-corrected chi connectivity index (χ2v) is 5.52. The molecule has 6 heteroatoms. The van der Waals surface area contributed by atoms with Gasteiger partial charge in [-0.05, 0) is 12.1 Å². The number of thioether (sulfide) groups is 1. The lowest BCUT2D eigenvalue weighted by atomic mass is 10.2. The molecular formula is C12H13F2N3S. The summed E-state index contributed by atoms with van der Waals surface area (Å²) < 4.78 is 26.6. The van der Waals surface area contributed by atoms with Gasteiger partial charge in [-0.25, -0.2) is 13.8 Å². The summed E-state index contributed by atoms with van der Waals surface area (Å²) in [7, 11) is 0. The second-order valence-electron chi connectivity index (χ2n) is 4.37. The fraction of sp³-hybridized carbons (Fsp3) is 0.417. The molecule has 2 N–H and O–H groups in total. The molecule has 1 unspecified atom stereocenters. The second kappa shape index (κ2) is 4.85. The van der Waals surface area contributed by atoms with Gasteiger partial charge in [0.25, 0.3) is 0 Å². The zero-order valence-electron chi connectivity index (χ0n) is 9.67. The number of hydrogen-bond acceptors (Lipinski definition) is 3. The molecule has 18 heavy (non-hydrogen) atoms. The van der Waals surface area contributed by atoms with Crippen molar-refractivity contribution < 1.29 is 8.78 Å². The highest BCUT2D eigenvalue weighted by Gasteiger charge is 2.17. The minimum absolute atomic E-state index is 0.0912. The average molecular weight is 269 g/mol. The van der Waals surface area contributed by atoms with E-state index in [1.165, 1.54) is 6.07 Å². The van der Waals surface area contributed by atoms with E-state index in [0.29, 0.717) is 23.8 Å². The molecule has 1 aliphatic heterocycles. The summed E-state index contributed by atoms with van der Waals surface area (Å²) in [6.07, 6.45) is 0.711. The predicted molar refractivity (Wildman–Crippen MR) is 68.8 cm³/mol. The molecule has 0 aliphatic carbocycles. The van der Waals surface area contributed by atoms with Crippen molar-refractivity contribution in [1.29, 1.82) is 0 Å². The van der Waals surface area contributed by atoms with Gasteiger partial charge in [0, 0.05) is 30.5 Å². The van der Waals surface area contributed by atoms with Crippen LogP contribution in [0.5, 0.6) is 0 Å². The van der Waals surface area contributed by atoms with Crippen LogP contribution in [-0.4, -0.2) is 34.1 Å². The highest BCUT2D eigenvalue weighted by molar-refractivity contribution is 7.99. The molecule has 1 saturated heterocycles. The van der Waals surface area contributed by atoms with E-state index in [1.54, 1.807) is 0 Å². The molecule has 1 atom stereocenters. The Labute approximate surface area is 107 Å². The van der Waals surface area contributed by atoms with Crippen LogP contribution in [0.15, 0.2) is 12.1 Å². The number of halogens is 2. The molecule has 3 nitrogen and oxygen atoms in total. The molecule has 1 aromatic carbocycles. The van der Waals surface area contributed by atoms with E-state index in [0.717, 1.165) is 24.1 Å². The van der Waals surface area contributed by atoms with E-state index in [4.69, 9.17) is 0 Å². The molecule has 2 heterocycles. The zero-order chi connectivity index (χ0) is 12.5. The lowest BCUT2D eigenvalue weighted by molar-refractivity contribution is 0.515. The fourth-order valence-electron chi connectivity index (χ4n) is 2.15. The van der Waals surface area contributed by atoms with Crippen molar-refractivity contribution >= 4 is 22.8 Å². The standard InChI is InChI=1S/C12H13F2N3S/c13-8-1-2-9-12(11(8)14)17-10(16-9)5-7-6-18-4-3-15-7/h1-2,7,15H,3-6H2,(H,16,17). The van der Waals surface area contributed by atoms with Crippen molar-refractivity contribution in [2.45, 2.75) is 12.5 Å². The minimum atomic E-state index is -0.874. The summed E-state index contributed by atoms with van der Waals surface area (Å²) in [5.41, 5.74) is 0.640. The Kier molecular flexibility index (Phi) is 3.22. The SMILES string of the molecule is Fc1ccc2[nH]c(CC3CSCCN3)nc2c1F. The highest BCUT2D eigenvalue weighted by atomic mass is 32.2. The Hall–Kier alpha value is -1.14. The largest absolute Gasteiger partial charge is 0.342 e. The van der Waals surface area contributed by atoms with E-state index >= 15 is 0 Å². The summed E-state index contributed by atoms with van der Waals surface area (Å²) in [6.45, 7) is 0.985. The van der Waals surface area contributed by atoms with E-state index in [9.17, 15) is 8.78 Å². The first-order valence-electron chi connectivity index (χ1n) is 5.88. The van der Waals surface area contributed by atoms with Crippen LogP contribution in [0, 0.1) is 11.6 Å².